The number of nitrogens with two attached hydrogens (primary N) is 1. The Hall–Kier alpha value is -1.85. The highest BCUT2D eigenvalue weighted by molar-refractivity contribution is 6.30. The van der Waals surface area contributed by atoms with E-state index in [4.69, 9.17) is 22.2 Å². The normalized spacial score (nSPS) is 10.5. The predicted octanol–water partition coefficient (Wildman–Crippen LogP) is 3.44. The fourth-order valence-corrected chi connectivity index (χ4v) is 2.33. The first-order valence-corrected chi connectivity index (χ1v) is 6.56. The molecule has 6 heteroatoms. The SMILES string of the molecule is Cc1nc(NN)c(C)c(Oc2c(C)cc(Cl)cc2C)n1. The number of benzene rings is 1. The van der Waals surface area contributed by atoms with Gasteiger partial charge in [-0.1, -0.05) is 11.6 Å². The maximum atomic E-state index is 6.02. The molecule has 1 heterocycles. The van der Waals surface area contributed by atoms with Gasteiger partial charge in [0.15, 0.2) is 0 Å². The number of hydrogen-bond acceptors (Lipinski definition) is 5. The Kier molecular flexibility index (Phi) is 4.11. The van der Waals surface area contributed by atoms with Gasteiger partial charge in [0.2, 0.25) is 5.88 Å². The average Bonchev–Trinajstić information content (AvgIpc) is 2.37. The number of ether oxygens (including phenoxy) is 1. The molecule has 0 aliphatic carbocycles. The molecule has 0 amide bonds. The molecule has 20 heavy (non-hydrogen) atoms. The number of aromatic nitrogens is 2. The van der Waals surface area contributed by atoms with Gasteiger partial charge in [-0.3, -0.25) is 0 Å². The van der Waals surface area contributed by atoms with Crippen molar-refractivity contribution in [1.29, 1.82) is 0 Å². The number of nitrogen functional groups attached to an aromatic ring is 1. The highest BCUT2D eigenvalue weighted by Gasteiger charge is 2.13. The van der Waals surface area contributed by atoms with Crippen LogP contribution in [0.25, 0.3) is 0 Å². The van der Waals surface area contributed by atoms with Gasteiger partial charge in [-0.2, -0.15) is 4.98 Å². The number of nitrogens with zero attached hydrogens (tertiary/aromatic N) is 2. The minimum Gasteiger partial charge on any atom is -0.438 e. The van der Waals surface area contributed by atoms with E-state index in [1.54, 1.807) is 6.92 Å². The molecule has 2 rings (SSSR count). The fraction of sp³-hybridized carbons (Fsp3) is 0.286. The molecule has 0 fully saturated rings. The zero-order chi connectivity index (χ0) is 14.9. The molecule has 1 aromatic carbocycles. The molecule has 0 unspecified atom stereocenters. The first kappa shape index (κ1) is 14.6. The number of nitrogens with one attached hydrogen (secondary N) is 1. The monoisotopic (exact) mass is 292 g/mol. The lowest BCUT2D eigenvalue weighted by atomic mass is 10.1. The van der Waals surface area contributed by atoms with Gasteiger partial charge in [0.05, 0.1) is 5.56 Å². The number of hydrazine groups is 1. The van der Waals surface area contributed by atoms with Crippen molar-refractivity contribution in [3.63, 3.8) is 0 Å². The van der Waals surface area contributed by atoms with Crippen molar-refractivity contribution in [2.24, 2.45) is 5.84 Å². The fourth-order valence-electron chi connectivity index (χ4n) is 2.00. The second-order valence-electron chi connectivity index (χ2n) is 4.66. The van der Waals surface area contributed by atoms with Crippen molar-refractivity contribution in [3.05, 3.63) is 39.7 Å². The van der Waals surface area contributed by atoms with Crippen LogP contribution >= 0.6 is 11.6 Å². The van der Waals surface area contributed by atoms with Gasteiger partial charge >= 0.3 is 0 Å². The number of rotatable bonds is 3. The quantitative estimate of drug-likeness (QED) is 0.669. The second kappa shape index (κ2) is 5.64. The Bertz CT molecular complexity index is 635. The third kappa shape index (κ3) is 2.84. The van der Waals surface area contributed by atoms with Gasteiger partial charge in [-0.25, -0.2) is 10.8 Å². The summed E-state index contributed by atoms with van der Waals surface area (Å²) in [5.74, 6) is 7.82. The molecule has 3 N–H and O–H groups in total. The molecule has 106 valence electrons. The Morgan fingerprint density at radius 3 is 2.25 bits per heavy atom. The van der Waals surface area contributed by atoms with Gasteiger partial charge in [0.1, 0.15) is 17.4 Å². The van der Waals surface area contributed by atoms with Crippen LogP contribution in [0.2, 0.25) is 5.02 Å². The molecule has 0 atom stereocenters. The van der Waals surface area contributed by atoms with Crippen molar-refractivity contribution < 1.29 is 4.74 Å². The van der Waals surface area contributed by atoms with E-state index in [0.29, 0.717) is 22.5 Å². The van der Waals surface area contributed by atoms with Crippen LogP contribution in [0.15, 0.2) is 12.1 Å². The smallest absolute Gasteiger partial charge is 0.227 e. The zero-order valence-corrected chi connectivity index (χ0v) is 12.7. The summed E-state index contributed by atoms with van der Waals surface area (Å²) in [4.78, 5) is 8.52. The molecular formula is C14H17ClN4O. The van der Waals surface area contributed by atoms with Crippen LogP contribution in [0, 0.1) is 27.7 Å². The van der Waals surface area contributed by atoms with Crippen LogP contribution in [0.5, 0.6) is 11.6 Å². The van der Waals surface area contributed by atoms with Gasteiger partial charge in [-0.15, -0.1) is 0 Å². The van der Waals surface area contributed by atoms with Crippen LogP contribution in [0.3, 0.4) is 0 Å². The van der Waals surface area contributed by atoms with E-state index in [1.807, 2.05) is 32.9 Å². The van der Waals surface area contributed by atoms with Crippen LogP contribution < -0.4 is 16.0 Å². The summed E-state index contributed by atoms with van der Waals surface area (Å²) in [6.45, 7) is 7.53. The van der Waals surface area contributed by atoms with E-state index in [1.165, 1.54) is 0 Å². The second-order valence-corrected chi connectivity index (χ2v) is 5.10. The van der Waals surface area contributed by atoms with E-state index in [2.05, 4.69) is 15.4 Å². The largest absolute Gasteiger partial charge is 0.438 e. The van der Waals surface area contributed by atoms with Gasteiger partial charge in [-0.05, 0) is 51.0 Å². The molecule has 0 saturated carbocycles. The molecule has 0 spiro atoms. The summed E-state index contributed by atoms with van der Waals surface area (Å²) in [5, 5.41) is 0.687. The van der Waals surface area contributed by atoms with Crippen molar-refractivity contribution in [3.8, 4) is 11.6 Å². The van der Waals surface area contributed by atoms with Crippen molar-refractivity contribution in [1.82, 2.24) is 9.97 Å². The third-order valence-corrected chi connectivity index (χ3v) is 3.19. The predicted molar refractivity (Wildman–Crippen MR) is 80.3 cm³/mol. The number of halogens is 1. The number of hydrogen-bond donors (Lipinski definition) is 2. The summed E-state index contributed by atoms with van der Waals surface area (Å²) in [6, 6.07) is 3.71. The van der Waals surface area contributed by atoms with Gasteiger partial charge in [0.25, 0.3) is 0 Å². The van der Waals surface area contributed by atoms with Crippen LogP contribution in [-0.2, 0) is 0 Å². The maximum absolute atomic E-state index is 6.02. The Morgan fingerprint density at radius 2 is 1.70 bits per heavy atom. The van der Waals surface area contributed by atoms with Crippen molar-refractivity contribution in [2.75, 3.05) is 5.43 Å². The van der Waals surface area contributed by atoms with E-state index in [0.717, 1.165) is 22.4 Å². The van der Waals surface area contributed by atoms with Crippen molar-refractivity contribution in [2.45, 2.75) is 27.7 Å². The zero-order valence-electron chi connectivity index (χ0n) is 11.9. The average molecular weight is 293 g/mol. The Labute approximate surface area is 123 Å². The molecule has 1 aromatic heterocycles. The number of aryl methyl sites for hydroxylation is 3. The minimum atomic E-state index is 0.485. The minimum absolute atomic E-state index is 0.485. The maximum Gasteiger partial charge on any atom is 0.227 e. The van der Waals surface area contributed by atoms with E-state index in [-0.39, 0.29) is 0 Å². The summed E-state index contributed by atoms with van der Waals surface area (Å²) in [6.07, 6.45) is 0. The first-order valence-electron chi connectivity index (χ1n) is 6.19. The lowest BCUT2D eigenvalue weighted by molar-refractivity contribution is 0.449. The molecule has 0 bridgehead atoms. The van der Waals surface area contributed by atoms with Crippen LogP contribution in [0.1, 0.15) is 22.5 Å². The highest BCUT2D eigenvalue weighted by atomic mass is 35.5. The molecule has 2 aromatic rings. The standard InChI is InChI=1S/C14H17ClN4O/c1-7-5-11(15)6-8(2)12(7)20-14-9(3)13(19-16)17-10(4)18-14/h5-6H,16H2,1-4H3,(H,17,18,19). The van der Waals surface area contributed by atoms with E-state index < -0.39 is 0 Å². The molecular weight excluding hydrogens is 276 g/mol. The Balaban J connectivity index is 2.48. The van der Waals surface area contributed by atoms with Crippen LogP contribution in [-0.4, -0.2) is 9.97 Å². The lowest BCUT2D eigenvalue weighted by Gasteiger charge is -2.15. The molecule has 0 saturated heterocycles. The molecule has 0 aliphatic rings. The lowest BCUT2D eigenvalue weighted by Crippen LogP contribution is -2.12. The summed E-state index contributed by atoms with van der Waals surface area (Å²) < 4.78 is 5.94. The first-order chi connectivity index (χ1) is 9.42. The number of anilines is 1. The highest BCUT2D eigenvalue weighted by Crippen LogP contribution is 2.33. The Morgan fingerprint density at radius 1 is 1.10 bits per heavy atom. The topological polar surface area (TPSA) is 73.1 Å². The summed E-state index contributed by atoms with van der Waals surface area (Å²) in [5.41, 5.74) is 5.21. The molecule has 0 radical (unpaired) electrons. The summed E-state index contributed by atoms with van der Waals surface area (Å²) in [7, 11) is 0. The van der Waals surface area contributed by atoms with Gasteiger partial charge in [0, 0.05) is 5.02 Å². The van der Waals surface area contributed by atoms with Crippen LogP contribution in [0.4, 0.5) is 5.82 Å². The third-order valence-electron chi connectivity index (χ3n) is 2.97. The summed E-state index contributed by atoms with van der Waals surface area (Å²) >= 11 is 6.02. The molecule has 5 nitrogen and oxygen atoms in total. The van der Waals surface area contributed by atoms with Crippen molar-refractivity contribution >= 4 is 17.4 Å². The molecule has 0 aliphatic heterocycles. The van der Waals surface area contributed by atoms with E-state index in [9.17, 15) is 0 Å². The van der Waals surface area contributed by atoms with Gasteiger partial charge < -0.3 is 10.2 Å². The van der Waals surface area contributed by atoms with E-state index >= 15 is 0 Å².